The minimum Gasteiger partial charge on any atom is -0.497 e. The van der Waals surface area contributed by atoms with E-state index >= 15 is 0 Å². The van der Waals surface area contributed by atoms with Gasteiger partial charge in [0, 0.05) is 5.69 Å². The summed E-state index contributed by atoms with van der Waals surface area (Å²) in [6.45, 7) is 1.97. The lowest BCUT2D eigenvalue weighted by Crippen LogP contribution is -2.37. The van der Waals surface area contributed by atoms with Crippen molar-refractivity contribution >= 4 is 17.6 Å². The Bertz CT molecular complexity index is 431. The van der Waals surface area contributed by atoms with Gasteiger partial charge in [0.2, 0.25) is 5.91 Å². The Morgan fingerprint density at radius 3 is 2.42 bits per heavy atom. The maximum Gasteiger partial charge on any atom is 0.308 e. The maximum atomic E-state index is 11.4. The van der Waals surface area contributed by atoms with Crippen molar-refractivity contribution < 1.29 is 19.1 Å². The quantitative estimate of drug-likeness (QED) is 0.716. The van der Waals surface area contributed by atoms with Crippen LogP contribution in [0.3, 0.4) is 0 Å². The molecule has 1 atom stereocenters. The zero-order chi connectivity index (χ0) is 14.3. The smallest absolute Gasteiger partial charge is 0.308 e. The van der Waals surface area contributed by atoms with Crippen LogP contribution in [0.5, 0.6) is 5.75 Å². The van der Waals surface area contributed by atoms with Crippen molar-refractivity contribution in [3.05, 3.63) is 24.3 Å². The molecule has 1 aromatic rings. The second kappa shape index (κ2) is 7.25. The van der Waals surface area contributed by atoms with Crippen molar-refractivity contribution in [2.45, 2.75) is 19.4 Å². The van der Waals surface area contributed by atoms with Crippen LogP contribution in [-0.4, -0.2) is 31.6 Å². The first-order valence-corrected chi connectivity index (χ1v) is 5.92. The molecule has 0 saturated heterocycles. The molecule has 0 radical (unpaired) electrons. The molecule has 1 unspecified atom stereocenters. The maximum absolute atomic E-state index is 11.4. The van der Waals surface area contributed by atoms with Crippen molar-refractivity contribution in [1.29, 1.82) is 0 Å². The number of carbonyl (C=O) groups excluding carboxylic acids is 2. The summed E-state index contributed by atoms with van der Waals surface area (Å²) < 4.78 is 9.81. The second-order valence-electron chi connectivity index (χ2n) is 3.84. The zero-order valence-electron chi connectivity index (χ0n) is 11.0. The van der Waals surface area contributed by atoms with Gasteiger partial charge >= 0.3 is 5.97 Å². The van der Waals surface area contributed by atoms with E-state index in [1.807, 2.05) is 0 Å². The molecule has 0 fully saturated rings. The SMILES string of the molecule is CCOC(=O)CC(Nc1ccc(OC)cc1)C(N)=O. The van der Waals surface area contributed by atoms with Gasteiger partial charge in [0.05, 0.1) is 20.1 Å². The number of rotatable bonds is 7. The van der Waals surface area contributed by atoms with E-state index in [4.69, 9.17) is 15.2 Å². The summed E-state index contributed by atoms with van der Waals surface area (Å²) in [7, 11) is 1.56. The van der Waals surface area contributed by atoms with Gasteiger partial charge < -0.3 is 20.5 Å². The number of ether oxygens (including phenoxy) is 2. The molecule has 6 nitrogen and oxygen atoms in total. The Kier molecular flexibility index (Phi) is 5.66. The number of benzene rings is 1. The van der Waals surface area contributed by atoms with Gasteiger partial charge in [-0.05, 0) is 31.2 Å². The van der Waals surface area contributed by atoms with Crippen LogP contribution in [0.15, 0.2) is 24.3 Å². The van der Waals surface area contributed by atoms with E-state index in [0.717, 1.165) is 0 Å². The van der Waals surface area contributed by atoms with Crippen molar-refractivity contribution in [2.75, 3.05) is 19.0 Å². The summed E-state index contributed by atoms with van der Waals surface area (Å²) >= 11 is 0. The number of nitrogens with one attached hydrogen (secondary N) is 1. The Hall–Kier alpha value is -2.24. The zero-order valence-corrected chi connectivity index (χ0v) is 11.0. The number of hydrogen-bond donors (Lipinski definition) is 2. The third-order valence-electron chi connectivity index (χ3n) is 2.45. The number of methoxy groups -OCH3 is 1. The molecule has 1 rings (SSSR count). The van der Waals surface area contributed by atoms with E-state index in [1.165, 1.54) is 0 Å². The third-order valence-corrected chi connectivity index (χ3v) is 2.45. The van der Waals surface area contributed by atoms with Crippen LogP contribution in [0.4, 0.5) is 5.69 Å². The highest BCUT2D eigenvalue weighted by Crippen LogP contribution is 2.16. The van der Waals surface area contributed by atoms with Crippen LogP contribution in [0.1, 0.15) is 13.3 Å². The van der Waals surface area contributed by atoms with Crippen molar-refractivity contribution in [2.24, 2.45) is 5.73 Å². The van der Waals surface area contributed by atoms with E-state index in [1.54, 1.807) is 38.3 Å². The van der Waals surface area contributed by atoms with E-state index < -0.39 is 17.9 Å². The molecule has 0 bridgehead atoms. The lowest BCUT2D eigenvalue weighted by molar-refractivity contribution is -0.144. The second-order valence-corrected chi connectivity index (χ2v) is 3.84. The molecule has 0 saturated carbocycles. The molecule has 0 aliphatic heterocycles. The van der Waals surface area contributed by atoms with Gasteiger partial charge in [-0.3, -0.25) is 9.59 Å². The van der Waals surface area contributed by atoms with Gasteiger partial charge in [-0.15, -0.1) is 0 Å². The minimum absolute atomic E-state index is 0.102. The lowest BCUT2D eigenvalue weighted by atomic mass is 10.2. The highest BCUT2D eigenvalue weighted by molar-refractivity contribution is 5.87. The summed E-state index contributed by atoms with van der Waals surface area (Å²) in [6, 6.07) is 6.16. The standard InChI is InChI=1S/C13H18N2O4/c1-3-19-12(16)8-11(13(14)17)15-9-4-6-10(18-2)7-5-9/h4-7,11,15H,3,8H2,1-2H3,(H2,14,17). The Morgan fingerprint density at radius 2 is 1.95 bits per heavy atom. The van der Waals surface area contributed by atoms with Crippen LogP contribution in [0, 0.1) is 0 Å². The molecule has 1 aromatic carbocycles. The predicted molar refractivity (Wildman–Crippen MR) is 70.8 cm³/mol. The lowest BCUT2D eigenvalue weighted by Gasteiger charge is -2.16. The third kappa shape index (κ3) is 4.87. The van der Waals surface area contributed by atoms with Gasteiger partial charge in [-0.1, -0.05) is 0 Å². The topological polar surface area (TPSA) is 90.7 Å². The van der Waals surface area contributed by atoms with Gasteiger partial charge in [-0.25, -0.2) is 0 Å². The van der Waals surface area contributed by atoms with E-state index in [2.05, 4.69) is 5.32 Å². The summed E-state index contributed by atoms with van der Waals surface area (Å²) in [6.07, 6.45) is -0.102. The van der Waals surface area contributed by atoms with Crippen LogP contribution >= 0.6 is 0 Å². The van der Waals surface area contributed by atoms with Gasteiger partial charge in [-0.2, -0.15) is 0 Å². The molecular weight excluding hydrogens is 248 g/mol. The summed E-state index contributed by atoms with van der Waals surface area (Å²) in [5.74, 6) is -0.372. The number of primary amides is 1. The average Bonchev–Trinajstić information content (AvgIpc) is 2.39. The van der Waals surface area contributed by atoms with E-state index in [-0.39, 0.29) is 13.0 Å². The first-order chi connectivity index (χ1) is 9.06. The minimum atomic E-state index is -0.799. The largest absolute Gasteiger partial charge is 0.497 e. The van der Waals surface area contributed by atoms with Crippen LogP contribution < -0.4 is 15.8 Å². The number of amides is 1. The monoisotopic (exact) mass is 266 g/mol. The highest BCUT2D eigenvalue weighted by Gasteiger charge is 2.20. The van der Waals surface area contributed by atoms with Gasteiger partial charge in [0.15, 0.2) is 0 Å². The Labute approximate surface area is 111 Å². The molecule has 0 aliphatic carbocycles. The Morgan fingerprint density at radius 1 is 1.32 bits per heavy atom. The van der Waals surface area contributed by atoms with Gasteiger partial charge in [0.1, 0.15) is 11.8 Å². The molecule has 0 aliphatic rings. The van der Waals surface area contributed by atoms with Crippen LogP contribution in [0.25, 0.3) is 0 Å². The number of anilines is 1. The summed E-state index contributed by atoms with van der Waals surface area (Å²) in [4.78, 5) is 22.7. The molecule has 1 amide bonds. The molecule has 6 heteroatoms. The van der Waals surface area contributed by atoms with E-state index in [0.29, 0.717) is 11.4 Å². The molecular formula is C13H18N2O4. The number of carbonyl (C=O) groups is 2. The fourth-order valence-electron chi connectivity index (χ4n) is 1.50. The van der Waals surface area contributed by atoms with E-state index in [9.17, 15) is 9.59 Å². The van der Waals surface area contributed by atoms with Crippen LogP contribution in [0.2, 0.25) is 0 Å². The van der Waals surface area contributed by atoms with Crippen LogP contribution in [-0.2, 0) is 14.3 Å². The molecule has 0 heterocycles. The summed E-state index contributed by atoms with van der Waals surface area (Å²) in [5.41, 5.74) is 5.93. The number of nitrogens with two attached hydrogens (primary N) is 1. The molecule has 0 aromatic heterocycles. The fraction of sp³-hybridized carbons (Fsp3) is 0.385. The first kappa shape index (κ1) is 14.8. The van der Waals surface area contributed by atoms with Crippen molar-refractivity contribution in [1.82, 2.24) is 0 Å². The number of hydrogen-bond acceptors (Lipinski definition) is 5. The molecule has 3 N–H and O–H groups in total. The van der Waals surface area contributed by atoms with Gasteiger partial charge in [0.25, 0.3) is 0 Å². The first-order valence-electron chi connectivity index (χ1n) is 5.92. The highest BCUT2D eigenvalue weighted by atomic mass is 16.5. The fourth-order valence-corrected chi connectivity index (χ4v) is 1.50. The van der Waals surface area contributed by atoms with Crippen molar-refractivity contribution in [3.8, 4) is 5.75 Å². The van der Waals surface area contributed by atoms with Crippen molar-refractivity contribution in [3.63, 3.8) is 0 Å². The Balaban J connectivity index is 2.66. The predicted octanol–water partition coefficient (Wildman–Crippen LogP) is 0.914. The summed E-state index contributed by atoms with van der Waals surface area (Å²) in [5, 5.41) is 2.89. The number of esters is 1. The molecule has 19 heavy (non-hydrogen) atoms. The molecule has 0 spiro atoms. The average molecular weight is 266 g/mol. The molecule has 104 valence electrons. The normalized spacial score (nSPS) is 11.5.